The number of allylic oxidation sites excluding steroid dienone is 3. The standard InChI is InChI=1S/C17H16N2O2S/c1-11-15(13-6-4-3-5-7-13)16(14-8-9-22-10-14)17(19(20)21)12(2)18-11/h3-10,16,18H,1-2H3. The molecule has 0 amide bonds. The highest BCUT2D eigenvalue weighted by Crippen LogP contribution is 2.43. The molecule has 2 aromatic rings. The lowest BCUT2D eigenvalue weighted by Crippen LogP contribution is -2.27. The number of rotatable bonds is 3. The van der Waals surface area contributed by atoms with Crippen molar-refractivity contribution < 1.29 is 4.92 Å². The van der Waals surface area contributed by atoms with Gasteiger partial charge in [-0.15, -0.1) is 0 Å². The van der Waals surface area contributed by atoms with Crippen molar-refractivity contribution in [2.45, 2.75) is 19.8 Å². The summed E-state index contributed by atoms with van der Waals surface area (Å²) in [7, 11) is 0. The number of thiophene rings is 1. The summed E-state index contributed by atoms with van der Waals surface area (Å²) in [5.74, 6) is -0.343. The molecule has 5 heteroatoms. The summed E-state index contributed by atoms with van der Waals surface area (Å²) >= 11 is 1.56. The van der Waals surface area contributed by atoms with Crippen molar-refractivity contribution in [3.63, 3.8) is 0 Å². The molecule has 0 saturated carbocycles. The van der Waals surface area contributed by atoms with E-state index >= 15 is 0 Å². The Morgan fingerprint density at radius 3 is 2.45 bits per heavy atom. The maximum absolute atomic E-state index is 11.6. The molecule has 1 aliphatic rings. The summed E-state index contributed by atoms with van der Waals surface area (Å²) < 4.78 is 0. The quantitative estimate of drug-likeness (QED) is 0.676. The van der Waals surface area contributed by atoms with E-state index in [4.69, 9.17) is 0 Å². The third kappa shape index (κ3) is 2.44. The zero-order chi connectivity index (χ0) is 15.7. The van der Waals surface area contributed by atoms with E-state index in [0.717, 1.165) is 22.4 Å². The maximum atomic E-state index is 11.6. The van der Waals surface area contributed by atoms with Gasteiger partial charge in [-0.3, -0.25) is 10.1 Å². The molecule has 0 aliphatic carbocycles. The minimum Gasteiger partial charge on any atom is -0.357 e. The second kappa shape index (κ2) is 5.77. The third-order valence-corrected chi connectivity index (χ3v) is 4.58. The smallest absolute Gasteiger partial charge is 0.276 e. The van der Waals surface area contributed by atoms with Gasteiger partial charge in [0.05, 0.1) is 10.6 Å². The van der Waals surface area contributed by atoms with Gasteiger partial charge in [0.2, 0.25) is 0 Å². The molecule has 1 unspecified atom stereocenters. The predicted octanol–water partition coefficient (Wildman–Crippen LogP) is 4.37. The fourth-order valence-electron chi connectivity index (χ4n) is 2.99. The van der Waals surface area contributed by atoms with Crippen molar-refractivity contribution in [2.75, 3.05) is 0 Å². The first kappa shape index (κ1) is 14.5. The topological polar surface area (TPSA) is 55.2 Å². The molecule has 0 spiro atoms. The van der Waals surface area contributed by atoms with E-state index in [2.05, 4.69) is 5.32 Å². The zero-order valence-corrected chi connectivity index (χ0v) is 13.2. The Labute approximate surface area is 133 Å². The third-order valence-electron chi connectivity index (χ3n) is 3.88. The van der Waals surface area contributed by atoms with Crippen molar-refractivity contribution in [3.8, 4) is 0 Å². The van der Waals surface area contributed by atoms with E-state index in [1.54, 1.807) is 18.3 Å². The Bertz CT molecular complexity index is 761. The number of nitro groups is 1. The van der Waals surface area contributed by atoms with Crippen LogP contribution in [0.1, 0.15) is 30.9 Å². The Morgan fingerprint density at radius 1 is 1.14 bits per heavy atom. The Morgan fingerprint density at radius 2 is 1.86 bits per heavy atom. The number of nitrogens with zero attached hydrogens (tertiary/aromatic N) is 1. The maximum Gasteiger partial charge on any atom is 0.276 e. The van der Waals surface area contributed by atoms with Crippen LogP contribution in [0.25, 0.3) is 5.57 Å². The number of nitrogens with one attached hydrogen (secondary N) is 1. The van der Waals surface area contributed by atoms with Gasteiger partial charge in [0.25, 0.3) is 5.70 Å². The lowest BCUT2D eigenvalue weighted by molar-refractivity contribution is -0.430. The van der Waals surface area contributed by atoms with Crippen LogP contribution >= 0.6 is 11.3 Å². The summed E-state index contributed by atoms with van der Waals surface area (Å²) in [6, 6.07) is 11.8. The van der Waals surface area contributed by atoms with E-state index in [0.29, 0.717) is 5.70 Å². The van der Waals surface area contributed by atoms with Crippen molar-refractivity contribution in [1.82, 2.24) is 5.32 Å². The highest BCUT2D eigenvalue weighted by atomic mass is 32.1. The molecule has 1 aromatic carbocycles. The van der Waals surface area contributed by atoms with Crippen LogP contribution in [0.2, 0.25) is 0 Å². The van der Waals surface area contributed by atoms with Crippen LogP contribution in [0, 0.1) is 10.1 Å². The molecule has 0 radical (unpaired) electrons. The lowest BCUT2D eigenvalue weighted by Gasteiger charge is -2.27. The molecule has 0 saturated heterocycles. The van der Waals surface area contributed by atoms with Gasteiger partial charge in [-0.2, -0.15) is 11.3 Å². The number of benzene rings is 1. The zero-order valence-electron chi connectivity index (χ0n) is 12.4. The Balaban J connectivity index is 2.22. The first-order valence-electron chi connectivity index (χ1n) is 7.00. The number of hydrogen-bond acceptors (Lipinski definition) is 4. The van der Waals surface area contributed by atoms with E-state index in [1.807, 2.05) is 54.1 Å². The van der Waals surface area contributed by atoms with Gasteiger partial charge < -0.3 is 5.32 Å². The summed E-state index contributed by atoms with van der Waals surface area (Å²) in [5.41, 5.74) is 4.74. The number of hydrogen-bond donors (Lipinski definition) is 1. The fraction of sp³-hybridized carbons (Fsp3) is 0.176. The number of dihydropyridines is 1. The van der Waals surface area contributed by atoms with Crippen LogP contribution in [-0.4, -0.2) is 4.92 Å². The summed E-state index contributed by atoms with van der Waals surface area (Å²) in [4.78, 5) is 11.4. The van der Waals surface area contributed by atoms with Crippen molar-refractivity contribution in [2.24, 2.45) is 0 Å². The van der Waals surface area contributed by atoms with E-state index < -0.39 is 0 Å². The van der Waals surface area contributed by atoms with Gasteiger partial charge in [0.1, 0.15) is 5.92 Å². The van der Waals surface area contributed by atoms with Crippen molar-refractivity contribution in [3.05, 3.63) is 85.5 Å². The summed E-state index contributed by atoms with van der Waals surface area (Å²) in [6.07, 6.45) is 0. The van der Waals surface area contributed by atoms with Gasteiger partial charge >= 0.3 is 0 Å². The average molecular weight is 312 g/mol. The summed E-state index contributed by atoms with van der Waals surface area (Å²) in [6.45, 7) is 3.74. The molecule has 4 nitrogen and oxygen atoms in total. The molecule has 1 aliphatic heterocycles. The molecule has 22 heavy (non-hydrogen) atoms. The highest BCUT2D eigenvalue weighted by Gasteiger charge is 2.37. The van der Waals surface area contributed by atoms with Crippen molar-refractivity contribution >= 4 is 16.9 Å². The molecule has 0 bridgehead atoms. The van der Waals surface area contributed by atoms with E-state index in [9.17, 15) is 10.1 Å². The first-order valence-corrected chi connectivity index (χ1v) is 7.94. The fourth-order valence-corrected chi connectivity index (χ4v) is 3.68. The SMILES string of the molecule is CC1=C(c2ccccc2)C(c2ccsc2)C([N+](=O)[O-])=C(C)N1. The molecule has 3 rings (SSSR count). The first-order chi connectivity index (χ1) is 10.6. The second-order valence-electron chi connectivity index (χ2n) is 5.29. The Kier molecular flexibility index (Phi) is 3.81. The van der Waals surface area contributed by atoms with Gasteiger partial charge in [0, 0.05) is 5.70 Å². The van der Waals surface area contributed by atoms with Crippen LogP contribution in [-0.2, 0) is 0 Å². The lowest BCUT2D eigenvalue weighted by atomic mass is 9.82. The van der Waals surface area contributed by atoms with Crippen LogP contribution in [0.15, 0.2) is 64.2 Å². The van der Waals surface area contributed by atoms with Gasteiger partial charge in [-0.1, -0.05) is 30.3 Å². The summed E-state index contributed by atoms with van der Waals surface area (Å²) in [5, 5.41) is 18.8. The highest BCUT2D eigenvalue weighted by molar-refractivity contribution is 7.08. The van der Waals surface area contributed by atoms with Crippen LogP contribution in [0.3, 0.4) is 0 Å². The van der Waals surface area contributed by atoms with Gasteiger partial charge in [0.15, 0.2) is 0 Å². The van der Waals surface area contributed by atoms with E-state index in [1.165, 1.54) is 0 Å². The molecule has 1 atom stereocenters. The van der Waals surface area contributed by atoms with E-state index in [-0.39, 0.29) is 16.5 Å². The molecular weight excluding hydrogens is 296 g/mol. The largest absolute Gasteiger partial charge is 0.357 e. The van der Waals surface area contributed by atoms with Gasteiger partial charge in [-0.25, -0.2) is 0 Å². The average Bonchev–Trinajstić information content (AvgIpc) is 3.00. The van der Waals surface area contributed by atoms with Gasteiger partial charge in [-0.05, 0) is 47.4 Å². The molecular formula is C17H16N2O2S. The van der Waals surface area contributed by atoms with Crippen LogP contribution in [0.4, 0.5) is 0 Å². The second-order valence-corrected chi connectivity index (χ2v) is 6.07. The Hall–Kier alpha value is -2.40. The monoisotopic (exact) mass is 312 g/mol. The predicted molar refractivity (Wildman–Crippen MR) is 88.9 cm³/mol. The minimum atomic E-state index is -0.343. The minimum absolute atomic E-state index is 0.225. The van der Waals surface area contributed by atoms with Crippen LogP contribution in [0.5, 0.6) is 0 Å². The van der Waals surface area contributed by atoms with Crippen LogP contribution < -0.4 is 5.32 Å². The molecule has 112 valence electrons. The van der Waals surface area contributed by atoms with Crippen molar-refractivity contribution in [1.29, 1.82) is 0 Å². The molecule has 1 aromatic heterocycles. The molecule has 1 N–H and O–H groups in total. The molecule has 2 heterocycles. The normalized spacial score (nSPS) is 18.4. The molecule has 0 fully saturated rings.